The molecule has 4 rings (SSSR count). The van der Waals surface area contributed by atoms with Crippen molar-refractivity contribution < 1.29 is 18.0 Å². The van der Waals surface area contributed by atoms with Gasteiger partial charge in [0.25, 0.3) is 12.3 Å². The lowest BCUT2D eigenvalue weighted by atomic mass is 9.91. The van der Waals surface area contributed by atoms with Gasteiger partial charge in [-0.15, -0.1) is 0 Å². The second-order valence-electron chi connectivity index (χ2n) is 7.93. The molecule has 0 spiro atoms. The number of nitrogens with one attached hydrogen (secondary N) is 3. The summed E-state index contributed by atoms with van der Waals surface area (Å²) in [7, 11) is 0. The molecule has 1 amide bonds. The summed E-state index contributed by atoms with van der Waals surface area (Å²) in [5.74, 6) is 0.549. The van der Waals surface area contributed by atoms with Crippen LogP contribution < -0.4 is 16.0 Å². The highest BCUT2D eigenvalue weighted by Crippen LogP contribution is 2.25. The van der Waals surface area contributed by atoms with Crippen molar-refractivity contribution in [1.82, 2.24) is 14.7 Å². The lowest BCUT2D eigenvalue weighted by Gasteiger charge is -2.30. The van der Waals surface area contributed by atoms with Gasteiger partial charge in [-0.25, -0.2) is 18.2 Å². The number of alkyl halides is 3. The van der Waals surface area contributed by atoms with Crippen LogP contribution in [0.5, 0.6) is 0 Å². The van der Waals surface area contributed by atoms with E-state index in [1.54, 1.807) is 40.8 Å². The molecule has 32 heavy (non-hydrogen) atoms. The number of halogens is 3. The van der Waals surface area contributed by atoms with E-state index in [0.717, 1.165) is 31.5 Å². The first kappa shape index (κ1) is 22.0. The van der Waals surface area contributed by atoms with Crippen molar-refractivity contribution in [2.24, 2.45) is 0 Å². The first-order chi connectivity index (χ1) is 15.5. The maximum Gasteiger partial charge on any atom is 0.281 e. The first-order valence-electron chi connectivity index (χ1n) is 10.8. The zero-order valence-corrected chi connectivity index (χ0v) is 17.5. The lowest BCUT2D eigenvalue weighted by Crippen LogP contribution is -2.40. The Hall–Kier alpha value is -3.23. The summed E-state index contributed by atoms with van der Waals surface area (Å²) in [6.45, 7) is -0.354. The predicted molar refractivity (Wildman–Crippen MR) is 118 cm³/mol. The van der Waals surface area contributed by atoms with Crippen LogP contribution in [0.3, 0.4) is 0 Å². The van der Waals surface area contributed by atoms with Gasteiger partial charge in [-0.1, -0.05) is 18.2 Å². The van der Waals surface area contributed by atoms with Crippen LogP contribution in [0.1, 0.15) is 48.2 Å². The Labute approximate surface area is 184 Å². The second kappa shape index (κ2) is 9.93. The Balaban J connectivity index is 1.34. The van der Waals surface area contributed by atoms with Crippen molar-refractivity contribution in [2.45, 2.75) is 44.2 Å². The summed E-state index contributed by atoms with van der Waals surface area (Å²) in [6, 6.07) is 12.6. The van der Waals surface area contributed by atoms with Gasteiger partial charge < -0.3 is 16.0 Å². The Kier molecular flexibility index (Phi) is 6.82. The van der Waals surface area contributed by atoms with Crippen LogP contribution in [0.4, 0.5) is 24.7 Å². The number of nitrogens with zero attached hydrogens (tertiary/aromatic N) is 2. The number of benzene rings is 1. The number of anilines is 2. The second-order valence-corrected chi connectivity index (χ2v) is 7.93. The molecule has 0 atom stereocenters. The van der Waals surface area contributed by atoms with Crippen LogP contribution in [0.25, 0.3) is 5.65 Å². The van der Waals surface area contributed by atoms with Gasteiger partial charge in [0.15, 0.2) is 0 Å². The van der Waals surface area contributed by atoms with E-state index in [-0.39, 0.29) is 30.2 Å². The zero-order valence-electron chi connectivity index (χ0n) is 17.5. The number of fused-ring (bicyclic) bond motifs is 1. The van der Waals surface area contributed by atoms with Gasteiger partial charge in [0, 0.05) is 30.5 Å². The molecular weight excluding hydrogens is 419 g/mol. The van der Waals surface area contributed by atoms with Crippen molar-refractivity contribution in [1.29, 1.82) is 0 Å². The van der Waals surface area contributed by atoms with E-state index >= 15 is 0 Å². The fourth-order valence-corrected chi connectivity index (χ4v) is 4.12. The summed E-state index contributed by atoms with van der Waals surface area (Å²) in [6.07, 6.45) is 2.01. The first-order valence-corrected chi connectivity index (χ1v) is 10.8. The van der Waals surface area contributed by atoms with Crippen molar-refractivity contribution in [3.8, 4) is 0 Å². The number of amides is 1. The van der Waals surface area contributed by atoms with E-state index in [0.29, 0.717) is 16.9 Å². The summed E-state index contributed by atoms with van der Waals surface area (Å²) in [4.78, 5) is 16.7. The fourth-order valence-electron chi connectivity index (χ4n) is 4.12. The van der Waals surface area contributed by atoms with Gasteiger partial charge in [0.05, 0.1) is 5.56 Å². The van der Waals surface area contributed by atoms with Gasteiger partial charge in [-0.05, 0) is 49.9 Å². The third-order valence-electron chi connectivity index (χ3n) is 5.73. The third-order valence-corrected chi connectivity index (χ3v) is 5.73. The van der Waals surface area contributed by atoms with E-state index in [4.69, 9.17) is 0 Å². The Morgan fingerprint density at radius 1 is 1.06 bits per heavy atom. The molecule has 1 fully saturated rings. The van der Waals surface area contributed by atoms with Gasteiger partial charge >= 0.3 is 0 Å². The monoisotopic (exact) mass is 445 g/mol. The van der Waals surface area contributed by atoms with Crippen molar-refractivity contribution >= 4 is 23.1 Å². The maximum atomic E-state index is 13.0. The molecule has 0 unspecified atom stereocenters. The number of hydrogen-bond donors (Lipinski definition) is 3. The summed E-state index contributed by atoms with van der Waals surface area (Å²) in [5.41, 5.74) is 1.36. The highest BCUT2D eigenvalue weighted by Gasteiger charge is 2.24. The molecule has 3 aromatic rings. The van der Waals surface area contributed by atoms with Crippen LogP contribution >= 0.6 is 0 Å². The predicted octanol–water partition coefficient (Wildman–Crippen LogP) is 4.81. The average Bonchev–Trinajstić information content (AvgIpc) is 3.25. The van der Waals surface area contributed by atoms with E-state index in [1.807, 2.05) is 6.07 Å². The molecule has 2 aromatic heterocycles. The minimum atomic E-state index is -2.61. The molecule has 0 radical (unpaired) electrons. The Morgan fingerprint density at radius 3 is 2.56 bits per heavy atom. The minimum Gasteiger partial charge on any atom is -0.382 e. The Morgan fingerprint density at radius 2 is 1.81 bits per heavy atom. The molecular formula is C23H26F3N5O. The van der Waals surface area contributed by atoms with Gasteiger partial charge in [-0.2, -0.15) is 0 Å². The quantitative estimate of drug-likeness (QED) is 0.466. The number of aromatic nitrogens is 2. The summed E-state index contributed by atoms with van der Waals surface area (Å²) < 4.78 is 40.1. The van der Waals surface area contributed by atoms with Crippen LogP contribution in [0.15, 0.2) is 48.7 Å². The van der Waals surface area contributed by atoms with E-state index in [1.165, 1.54) is 6.20 Å². The highest BCUT2D eigenvalue weighted by atomic mass is 19.3. The van der Waals surface area contributed by atoms with Gasteiger partial charge in [0.2, 0.25) is 0 Å². The maximum absolute atomic E-state index is 13.0. The number of hydrogen-bond acceptors (Lipinski definition) is 4. The number of carbonyl (C=O) groups excluding carboxylic acids is 1. The van der Waals surface area contributed by atoms with Gasteiger partial charge in [0.1, 0.15) is 23.8 Å². The molecule has 6 nitrogen and oxygen atoms in total. The van der Waals surface area contributed by atoms with E-state index < -0.39 is 13.1 Å². The minimum absolute atomic E-state index is 0.0456. The van der Waals surface area contributed by atoms with Gasteiger partial charge in [-0.3, -0.25) is 9.20 Å². The molecule has 3 N–H and O–H groups in total. The normalized spacial score (nSPS) is 18.6. The molecule has 170 valence electrons. The molecule has 0 saturated heterocycles. The van der Waals surface area contributed by atoms with Crippen LogP contribution in [0, 0.1) is 0 Å². The Bertz CT molecular complexity index is 1060. The third kappa shape index (κ3) is 4.98. The molecule has 2 heterocycles. The molecule has 1 aromatic carbocycles. The smallest absolute Gasteiger partial charge is 0.281 e. The molecule has 1 aliphatic carbocycles. The topological polar surface area (TPSA) is 70.5 Å². The average molecular weight is 445 g/mol. The molecule has 0 bridgehead atoms. The van der Waals surface area contributed by atoms with Crippen molar-refractivity contribution in [2.75, 3.05) is 23.9 Å². The number of carbonyl (C=O) groups is 1. The van der Waals surface area contributed by atoms with Crippen LogP contribution in [-0.2, 0) is 0 Å². The molecule has 0 aliphatic heterocycles. The van der Waals surface area contributed by atoms with Crippen molar-refractivity contribution in [3.63, 3.8) is 0 Å². The zero-order chi connectivity index (χ0) is 22.5. The van der Waals surface area contributed by atoms with Crippen molar-refractivity contribution in [3.05, 3.63) is 59.9 Å². The SMILES string of the molecule is O=C(NC1CCC(Nc2cccc3nc(C(F)F)cn23)CC1)c1ccccc1NCCF. The molecule has 9 heteroatoms. The molecule has 1 saturated carbocycles. The van der Waals surface area contributed by atoms with E-state index in [9.17, 15) is 18.0 Å². The number of para-hydroxylation sites is 1. The van der Waals surface area contributed by atoms with E-state index in [2.05, 4.69) is 20.9 Å². The standard InChI is InChI=1S/C23H26F3N5O/c24-12-13-27-18-5-2-1-4-17(18)23(32)29-16-10-8-15(9-11-16)28-20-6-3-7-21-30-19(22(25)26)14-31(20)21/h1-7,14-16,22,27-28H,8-13H2,(H,29,32). The lowest BCUT2D eigenvalue weighted by molar-refractivity contribution is 0.0927. The fraction of sp³-hybridized carbons (Fsp3) is 0.391. The number of imidazole rings is 1. The number of rotatable bonds is 8. The highest BCUT2D eigenvalue weighted by molar-refractivity contribution is 5.99. The summed E-state index contributed by atoms with van der Waals surface area (Å²) in [5, 5.41) is 9.46. The van der Waals surface area contributed by atoms with Crippen LogP contribution in [0.2, 0.25) is 0 Å². The number of pyridine rings is 1. The molecule has 1 aliphatic rings. The van der Waals surface area contributed by atoms with Crippen LogP contribution in [-0.4, -0.2) is 40.6 Å². The largest absolute Gasteiger partial charge is 0.382 e. The summed E-state index contributed by atoms with van der Waals surface area (Å²) >= 11 is 0.